The molecule has 64 valence electrons. The second-order valence-electron chi connectivity index (χ2n) is 1.76. The van der Waals surface area contributed by atoms with Gasteiger partial charge in [0, 0.05) is 28.6 Å². The van der Waals surface area contributed by atoms with Gasteiger partial charge in [-0.15, -0.1) is 0 Å². The number of carboxylic acids is 1. The Morgan fingerprint density at radius 3 is 2.64 bits per heavy atom. The fourth-order valence-electron chi connectivity index (χ4n) is 0.401. The summed E-state index contributed by atoms with van der Waals surface area (Å²) < 4.78 is 41.5. The van der Waals surface area contributed by atoms with Crippen LogP contribution in [0.4, 0.5) is 0 Å². The molecule has 0 rings (SSSR count). The van der Waals surface area contributed by atoms with E-state index >= 15 is 0 Å². The predicted molar refractivity (Wildman–Crippen MR) is 38.7 cm³/mol. The van der Waals surface area contributed by atoms with Gasteiger partial charge in [-0.1, -0.05) is 0 Å². The van der Waals surface area contributed by atoms with Gasteiger partial charge in [0.25, 0.3) is 0 Å². The van der Waals surface area contributed by atoms with Gasteiger partial charge >= 0.3 is 5.97 Å². The van der Waals surface area contributed by atoms with Crippen LogP contribution in [-0.2, 0) is 9.59 Å². The molecule has 0 saturated carbocycles. The van der Waals surface area contributed by atoms with Crippen LogP contribution in [0, 0.1) is 0 Å². The van der Waals surface area contributed by atoms with Crippen molar-refractivity contribution in [2.24, 2.45) is 0 Å². The average Bonchev–Trinajstić information content (AvgIpc) is 2.07. The van der Waals surface area contributed by atoms with Gasteiger partial charge in [-0.3, -0.25) is 15.0 Å². The zero-order valence-electron chi connectivity index (χ0n) is 11.6. The molecule has 0 heterocycles. The standard InChI is InChI=1S/C6H12N2O3/c1-8(2)7-5(9)3-4-6(10)11/h3-4H2,1-2H3,(H,7,9)(H,10,11)/i1D3,2D3. The molecule has 0 aromatic rings. The molecule has 0 radical (unpaired) electrons. The van der Waals surface area contributed by atoms with E-state index in [9.17, 15) is 9.59 Å². The van der Waals surface area contributed by atoms with E-state index in [1.807, 2.05) is 0 Å². The number of nitrogens with zero attached hydrogens (tertiary/aromatic N) is 1. The van der Waals surface area contributed by atoms with E-state index in [-0.39, 0.29) is 5.01 Å². The number of hydrogen-bond acceptors (Lipinski definition) is 3. The molecule has 0 aromatic carbocycles. The summed E-state index contributed by atoms with van der Waals surface area (Å²) in [5, 5.41) is 8.15. The minimum atomic E-state index is -3.04. The van der Waals surface area contributed by atoms with E-state index in [4.69, 9.17) is 13.3 Å². The molecule has 0 spiro atoms. The van der Waals surface area contributed by atoms with Crippen molar-refractivity contribution in [3.05, 3.63) is 0 Å². The fraction of sp³-hybridized carbons (Fsp3) is 0.667. The summed E-state index contributed by atoms with van der Waals surface area (Å²) in [5.74, 6) is -2.23. The van der Waals surface area contributed by atoms with Gasteiger partial charge in [-0.2, -0.15) is 0 Å². The van der Waals surface area contributed by atoms with Crippen LogP contribution in [0.15, 0.2) is 0 Å². The minimum Gasteiger partial charge on any atom is -0.481 e. The Bertz CT molecular complexity index is 285. The van der Waals surface area contributed by atoms with Crippen LogP contribution in [0.2, 0.25) is 0 Å². The molecule has 5 nitrogen and oxygen atoms in total. The highest BCUT2D eigenvalue weighted by Gasteiger charge is 2.04. The Morgan fingerprint density at radius 2 is 2.18 bits per heavy atom. The molecule has 11 heavy (non-hydrogen) atoms. The zero-order valence-corrected chi connectivity index (χ0v) is 5.63. The highest BCUT2D eigenvalue weighted by atomic mass is 16.4. The Hall–Kier alpha value is -1.10. The third-order valence-electron chi connectivity index (χ3n) is 0.802. The number of carbonyl (C=O) groups excluding carboxylic acids is 1. The van der Waals surface area contributed by atoms with Gasteiger partial charge < -0.3 is 5.11 Å². The van der Waals surface area contributed by atoms with Crippen LogP contribution >= 0.6 is 0 Å². The first kappa shape index (κ1) is 3.53. The molecule has 0 fully saturated rings. The lowest BCUT2D eigenvalue weighted by atomic mass is 10.3. The van der Waals surface area contributed by atoms with Crippen LogP contribution in [0.5, 0.6) is 0 Å². The van der Waals surface area contributed by atoms with Crippen molar-refractivity contribution in [1.29, 1.82) is 0 Å². The second kappa shape index (κ2) is 4.68. The van der Waals surface area contributed by atoms with Crippen molar-refractivity contribution in [3.8, 4) is 0 Å². The average molecular weight is 166 g/mol. The lowest BCUT2D eigenvalue weighted by Gasteiger charge is -2.10. The fourth-order valence-corrected chi connectivity index (χ4v) is 0.401. The molecular formula is C6H12N2O3. The Kier molecular flexibility index (Phi) is 1.50. The number of amides is 1. The largest absolute Gasteiger partial charge is 0.481 e. The number of hydrazine groups is 1. The van der Waals surface area contributed by atoms with E-state index in [1.54, 1.807) is 5.43 Å². The molecule has 2 N–H and O–H groups in total. The highest BCUT2D eigenvalue weighted by molar-refractivity contribution is 5.80. The van der Waals surface area contributed by atoms with Crippen molar-refractivity contribution < 1.29 is 22.9 Å². The van der Waals surface area contributed by atoms with Crippen molar-refractivity contribution in [2.45, 2.75) is 12.8 Å². The van der Waals surface area contributed by atoms with Gasteiger partial charge in [0.05, 0.1) is 6.42 Å². The number of rotatable bonds is 4. The quantitative estimate of drug-likeness (QED) is 0.549. The number of carboxylic acid groups (broad SMARTS) is 1. The molecule has 1 amide bonds. The van der Waals surface area contributed by atoms with Gasteiger partial charge in [-0.05, 0) is 0 Å². The Labute approximate surface area is 73.4 Å². The van der Waals surface area contributed by atoms with Gasteiger partial charge in [-0.25, -0.2) is 5.01 Å². The maximum Gasteiger partial charge on any atom is 0.303 e. The SMILES string of the molecule is [2H]C([2H])([2H])N(NC(=O)CCC(=O)O)C([2H])([2H])[2H]. The summed E-state index contributed by atoms with van der Waals surface area (Å²) in [7, 11) is 0. The first-order valence-electron chi connectivity index (χ1n) is 5.76. The topological polar surface area (TPSA) is 69.6 Å². The number of hydrogen-bond donors (Lipinski definition) is 2. The van der Waals surface area contributed by atoms with E-state index < -0.39 is 38.7 Å². The first-order chi connectivity index (χ1) is 7.44. The summed E-state index contributed by atoms with van der Waals surface area (Å²) in [6, 6.07) is 0. The third kappa shape index (κ3) is 6.79. The summed E-state index contributed by atoms with van der Waals surface area (Å²) in [4.78, 5) is 21.3. The number of nitrogens with one attached hydrogen (secondary N) is 1. The van der Waals surface area contributed by atoms with Gasteiger partial charge in [0.1, 0.15) is 0 Å². The Morgan fingerprint density at radius 1 is 1.55 bits per heavy atom. The molecule has 0 atom stereocenters. The highest BCUT2D eigenvalue weighted by Crippen LogP contribution is 1.87. The van der Waals surface area contributed by atoms with Crippen molar-refractivity contribution >= 4 is 11.9 Å². The second-order valence-corrected chi connectivity index (χ2v) is 1.76. The Balaban J connectivity index is 4.57. The van der Waals surface area contributed by atoms with Crippen molar-refractivity contribution in [2.75, 3.05) is 14.0 Å². The van der Waals surface area contributed by atoms with Crippen LogP contribution in [0.3, 0.4) is 0 Å². The summed E-state index contributed by atoms with van der Waals surface area (Å²) in [5.41, 5.74) is 1.66. The molecule has 0 bridgehead atoms. The van der Waals surface area contributed by atoms with Gasteiger partial charge in [0.15, 0.2) is 0 Å². The number of carbonyl (C=O) groups is 2. The van der Waals surface area contributed by atoms with Crippen molar-refractivity contribution in [1.82, 2.24) is 10.4 Å². The molecular weight excluding hydrogens is 148 g/mol. The van der Waals surface area contributed by atoms with Crippen LogP contribution in [-0.4, -0.2) is 35.9 Å². The molecule has 0 aliphatic rings. The summed E-state index contributed by atoms with van der Waals surface area (Å²) in [6.45, 7) is -6.08. The monoisotopic (exact) mass is 166 g/mol. The minimum absolute atomic E-state index is 0.149. The molecule has 0 unspecified atom stereocenters. The molecule has 0 aliphatic heterocycles. The summed E-state index contributed by atoms with van der Waals surface area (Å²) in [6.07, 6.45) is -1.01. The molecule has 0 aliphatic carbocycles. The molecule has 5 heteroatoms. The van der Waals surface area contributed by atoms with E-state index in [1.165, 1.54) is 0 Å². The molecule has 0 aromatic heterocycles. The smallest absolute Gasteiger partial charge is 0.303 e. The van der Waals surface area contributed by atoms with Crippen LogP contribution in [0.25, 0.3) is 0 Å². The van der Waals surface area contributed by atoms with Crippen LogP contribution < -0.4 is 5.43 Å². The normalized spacial score (nSPS) is 20.1. The summed E-state index contributed by atoms with van der Waals surface area (Å²) >= 11 is 0. The maximum absolute atomic E-state index is 11.1. The van der Waals surface area contributed by atoms with E-state index in [0.717, 1.165) is 0 Å². The zero-order chi connectivity index (χ0) is 13.9. The molecule has 0 saturated heterocycles. The van der Waals surface area contributed by atoms with E-state index in [2.05, 4.69) is 0 Å². The van der Waals surface area contributed by atoms with Crippen molar-refractivity contribution in [3.63, 3.8) is 0 Å². The predicted octanol–water partition coefficient (Wildman–Crippen LogP) is -0.556. The van der Waals surface area contributed by atoms with Crippen LogP contribution in [0.1, 0.15) is 21.1 Å². The third-order valence-corrected chi connectivity index (χ3v) is 0.802. The van der Waals surface area contributed by atoms with Gasteiger partial charge in [0.2, 0.25) is 5.91 Å². The lowest BCUT2D eigenvalue weighted by molar-refractivity contribution is -0.139. The van der Waals surface area contributed by atoms with E-state index in [0.29, 0.717) is 0 Å². The first-order valence-corrected chi connectivity index (χ1v) is 2.76. The lowest BCUT2D eigenvalue weighted by Crippen LogP contribution is -2.36. The maximum atomic E-state index is 11.1. The number of aliphatic carboxylic acids is 1.